The normalized spacial score (nSPS) is 19.8. The van der Waals surface area contributed by atoms with Crippen LogP contribution in [0.2, 0.25) is 10.0 Å². The number of alkyl halides is 2. The van der Waals surface area contributed by atoms with Crippen molar-refractivity contribution in [3.05, 3.63) is 117 Å². The van der Waals surface area contributed by atoms with E-state index >= 15 is 0 Å². The summed E-state index contributed by atoms with van der Waals surface area (Å²) < 4.78 is 86.0. The van der Waals surface area contributed by atoms with Gasteiger partial charge in [0.05, 0.1) is 19.3 Å². The molecule has 2 bridgehead atoms. The van der Waals surface area contributed by atoms with Crippen LogP contribution in [-0.4, -0.2) is 71.3 Å². The Morgan fingerprint density at radius 3 is 2.25 bits per heavy atom. The molecule has 0 amide bonds. The van der Waals surface area contributed by atoms with Crippen molar-refractivity contribution < 1.29 is 55.2 Å². The number of methoxy groups -OCH3 is 1. The quantitative estimate of drug-likeness (QED) is 0.0675. The number of pyridine rings is 1. The van der Waals surface area contributed by atoms with Crippen molar-refractivity contribution in [3.8, 4) is 17.2 Å². The fourth-order valence-electron chi connectivity index (χ4n) is 7.25. The van der Waals surface area contributed by atoms with Crippen molar-refractivity contribution in [2.45, 2.75) is 61.9 Å². The van der Waals surface area contributed by atoms with E-state index in [1.54, 1.807) is 30.3 Å². The Bertz CT molecular complexity index is 2260. The molecule has 1 N–H and O–H groups in total. The predicted octanol–water partition coefficient (Wildman–Crippen LogP) is 6.82. The zero-order chi connectivity index (χ0) is 41.8. The van der Waals surface area contributed by atoms with E-state index in [-0.39, 0.29) is 68.8 Å². The van der Waals surface area contributed by atoms with Crippen molar-refractivity contribution in [1.82, 2.24) is 9.62 Å². The Labute approximate surface area is 349 Å². The lowest BCUT2D eigenvalue weighted by Crippen LogP contribution is -2.52. The first kappa shape index (κ1) is 42.4. The van der Waals surface area contributed by atoms with Gasteiger partial charge in [-0.1, -0.05) is 59.6 Å². The number of carbonyl (C=O) groups excluding carboxylic acids is 2. The lowest BCUT2D eigenvalue weighted by atomic mass is 9.86. The van der Waals surface area contributed by atoms with Crippen LogP contribution in [0.1, 0.15) is 64.9 Å². The molecule has 3 aromatic carbocycles. The Kier molecular flexibility index (Phi) is 13.1. The predicted molar refractivity (Wildman–Crippen MR) is 210 cm³/mol. The maximum Gasteiger partial charge on any atom is 0.387 e. The summed E-state index contributed by atoms with van der Waals surface area (Å²) in [6, 6.07) is 14.5. The van der Waals surface area contributed by atoms with E-state index in [1.807, 2.05) is 0 Å². The number of nitrogens with one attached hydrogen (secondary N) is 1. The Morgan fingerprint density at radius 1 is 0.932 bits per heavy atom. The summed E-state index contributed by atoms with van der Waals surface area (Å²) in [5.74, 6) is -1.76. The number of carbonyl (C=O) groups is 2. The molecule has 4 aromatic rings. The molecule has 1 aromatic heterocycles. The second-order valence-corrected chi connectivity index (χ2v) is 17.2. The third-order valence-electron chi connectivity index (χ3n) is 10.6. The molecule has 314 valence electrons. The maximum absolute atomic E-state index is 14.2. The van der Waals surface area contributed by atoms with Crippen LogP contribution in [0.25, 0.3) is 0 Å². The molecule has 3 saturated heterocycles. The third kappa shape index (κ3) is 10.4. The standard InChI is InChI=1S/C41H41Cl2F2N3O10S/c1-54-33-12-10-28(18-37(33)59(52,53)46-38(26-5-3-2-4-6-26)40(50)57-36-22-47-15-13-25(36)14-16-47)39(49)56-34(19-29-30(42)20-48(51)21-31(29)43)27-9-11-32(58-41(44)45)35(17-27)55-23-24-7-8-24/h2-6,9-12,17-18,20-21,24-25,34,36,38,41,46H,7-8,13-16,19,22-23H2,1H3/t34-,36-,38?/m0/s1. The van der Waals surface area contributed by atoms with Gasteiger partial charge in [0.2, 0.25) is 10.0 Å². The molecular weight excluding hydrogens is 835 g/mol. The first-order chi connectivity index (χ1) is 28.3. The topological polar surface area (TPSA) is 157 Å². The van der Waals surface area contributed by atoms with E-state index in [4.69, 9.17) is 42.1 Å². The van der Waals surface area contributed by atoms with Gasteiger partial charge in [0.15, 0.2) is 23.9 Å². The van der Waals surface area contributed by atoms with Crippen LogP contribution < -0.4 is 23.7 Å². The molecule has 1 aliphatic carbocycles. The molecule has 4 aliphatic rings. The number of benzene rings is 3. The van der Waals surface area contributed by atoms with Crippen molar-refractivity contribution in [2.75, 3.05) is 33.4 Å². The number of rotatable bonds is 17. The molecule has 3 aliphatic heterocycles. The fraction of sp³-hybridized carbons (Fsp3) is 0.390. The number of hydrogen-bond acceptors (Lipinski definition) is 11. The highest BCUT2D eigenvalue weighted by Crippen LogP contribution is 2.39. The molecule has 1 saturated carbocycles. The smallest absolute Gasteiger partial charge is 0.387 e. The van der Waals surface area contributed by atoms with Crippen LogP contribution in [0, 0.1) is 17.0 Å². The number of ether oxygens (including phenoxy) is 5. The Morgan fingerprint density at radius 2 is 1.63 bits per heavy atom. The second-order valence-electron chi connectivity index (χ2n) is 14.7. The van der Waals surface area contributed by atoms with Gasteiger partial charge in [-0.25, -0.2) is 18.0 Å². The highest BCUT2D eigenvalue weighted by molar-refractivity contribution is 7.89. The number of fused-ring (bicyclic) bond motifs is 3. The summed E-state index contributed by atoms with van der Waals surface area (Å²) in [7, 11) is -3.38. The number of halogens is 4. The molecule has 0 radical (unpaired) electrons. The van der Waals surface area contributed by atoms with Crippen LogP contribution in [0.4, 0.5) is 8.78 Å². The maximum atomic E-state index is 14.2. The zero-order valence-corrected chi connectivity index (χ0v) is 34.1. The lowest BCUT2D eigenvalue weighted by molar-refractivity contribution is -0.605. The fourth-order valence-corrected chi connectivity index (χ4v) is 9.22. The van der Waals surface area contributed by atoms with Crippen LogP contribution in [0.5, 0.6) is 17.2 Å². The van der Waals surface area contributed by atoms with Crippen LogP contribution >= 0.6 is 23.2 Å². The number of aromatic nitrogens is 1. The molecule has 59 heavy (non-hydrogen) atoms. The third-order valence-corrected chi connectivity index (χ3v) is 12.7. The van der Waals surface area contributed by atoms with Gasteiger partial charge in [-0.3, -0.25) is 4.90 Å². The van der Waals surface area contributed by atoms with Crippen molar-refractivity contribution in [1.29, 1.82) is 0 Å². The van der Waals surface area contributed by atoms with Gasteiger partial charge in [-0.2, -0.15) is 18.2 Å². The SMILES string of the molecule is COc1ccc(C(=O)O[C@@H](Cc2c(Cl)c[n+]([O-])cc2Cl)c2ccc(OC(F)F)c(OCC3CC3)c2)cc1S(=O)(=O)NC(C(=O)O[C@H]1CN2CCC1CC2)c1ccccc1. The molecule has 18 heteroatoms. The second kappa shape index (κ2) is 18.3. The molecule has 4 heterocycles. The summed E-state index contributed by atoms with van der Waals surface area (Å²) in [5.41, 5.74) is 0.594. The minimum absolute atomic E-state index is 0.0256. The van der Waals surface area contributed by atoms with Gasteiger partial charge >= 0.3 is 18.6 Å². The zero-order valence-electron chi connectivity index (χ0n) is 31.7. The molecule has 8 rings (SSSR count). The Hall–Kier alpha value is -4.74. The van der Waals surface area contributed by atoms with Gasteiger partial charge in [0.25, 0.3) is 0 Å². The average Bonchev–Trinajstić information content (AvgIpc) is 4.05. The minimum atomic E-state index is -4.63. The van der Waals surface area contributed by atoms with Gasteiger partial charge in [-0.05, 0) is 92.1 Å². The summed E-state index contributed by atoms with van der Waals surface area (Å²) in [4.78, 5) is 29.6. The van der Waals surface area contributed by atoms with E-state index in [0.29, 0.717) is 16.8 Å². The highest BCUT2D eigenvalue weighted by atomic mass is 35.5. The largest absolute Gasteiger partial charge is 0.619 e. The Balaban J connectivity index is 1.19. The van der Waals surface area contributed by atoms with Crippen molar-refractivity contribution in [3.63, 3.8) is 0 Å². The first-order valence-corrected chi connectivity index (χ1v) is 21.2. The first-order valence-electron chi connectivity index (χ1n) is 18.9. The van der Waals surface area contributed by atoms with Gasteiger partial charge in [0.1, 0.15) is 38.9 Å². The molecule has 0 spiro atoms. The van der Waals surface area contributed by atoms with Crippen LogP contribution in [0.15, 0.2) is 84.0 Å². The average molecular weight is 877 g/mol. The van der Waals surface area contributed by atoms with E-state index in [0.717, 1.165) is 57.2 Å². The van der Waals surface area contributed by atoms with E-state index in [2.05, 4.69) is 14.4 Å². The highest BCUT2D eigenvalue weighted by Gasteiger charge is 2.39. The molecule has 1 unspecified atom stereocenters. The number of esters is 2. The van der Waals surface area contributed by atoms with Gasteiger partial charge < -0.3 is 28.9 Å². The van der Waals surface area contributed by atoms with Gasteiger partial charge in [-0.15, -0.1) is 0 Å². The monoisotopic (exact) mass is 875 g/mol. The number of hydrogen-bond donors (Lipinski definition) is 1. The summed E-state index contributed by atoms with van der Waals surface area (Å²) in [6.45, 7) is -0.506. The molecular formula is C41H41Cl2F2N3O10S. The number of sulfonamides is 1. The minimum Gasteiger partial charge on any atom is -0.619 e. The molecule has 13 nitrogen and oxygen atoms in total. The summed E-state index contributed by atoms with van der Waals surface area (Å²) >= 11 is 12.8. The lowest BCUT2D eigenvalue weighted by Gasteiger charge is -2.44. The number of piperidine rings is 3. The molecule has 3 atom stereocenters. The summed E-state index contributed by atoms with van der Waals surface area (Å²) in [6.07, 6.45) is 3.88. The van der Waals surface area contributed by atoms with E-state index in [9.17, 15) is 32.0 Å². The van der Waals surface area contributed by atoms with Crippen LogP contribution in [-0.2, 0) is 30.7 Å². The van der Waals surface area contributed by atoms with E-state index in [1.165, 1.54) is 37.4 Å². The van der Waals surface area contributed by atoms with Crippen molar-refractivity contribution in [2.24, 2.45) is 11.8 Å². The number of nitrogens with zero attached hydrogens (tertiary/aromatic N) is 2. The molecule has 4 fully saturated rings. The summed E-state index contributed by atoms with van der Waals surface area (Å²) in [5, 5.41) is 11.9. The van der Waals surface area contributed by atoms with Gasteiger partial charge in [0, 0.05) is 18.5 Å². The van der Waals surface area contributed by atoms with Crippen molar-refractivity contribution >= 4 is 45.2 Å². The van der Waals surface area contributed by atoms with E-state index < -0.39 is 51.7 Å². The van der Waals surface area contributed by atoms with Crippen LogP contribution in [0.3, 0.4) is 0 Å².